The molecule has 138 valence electrons. The Morgan fingerprint density at radius 2 is 2.00 bits per heavy atom. The van der Waals surface area contributed by atoms with E-state index in [0.717, 1.165) is 16.5 Å². The van der Waals surface area contributed by atoms with Gasteiger partial charge in [-0.2, -0.15) is 0 Å². The fraction of sp³-hybridized carbons (Fsp3) is 0.250. The number of rotatable bonds is 4. The molecule has 3 heterocycles. The van der Waals surface area contributed by atoms with E-state index < -0.39 is 23.7 Å². The molecule has 3 aromatic rings. The van der Waals surface area contributed by atoms with Crippen LogP contribution in [0.3, 0.4) is 0 Å². The van der Waals surface area contributed by atoms with Crippen LogP contribution >= 0.6 is 0 Å². The van der Waals surface area contributed by atoms with Gasteiger partial charge in [0.2, 0.25) is 0 Å². The molecule has 0 amide bonds. The summed E-state index contributed by atoms with van der Waals surface area (Å²) >= 11 is 0. The second kappa shape index (κ2) is 7.42. The number of para-hydroxylation sites is 1. The number of hydrogen-bond donors (Lipinski definition) is 3. The van der Waals surface area contributed by atoms with Gasteiger partial charge in [0.15, 0.2) is 5.60 Å². The van der Waals surface area contributed by atoms with Crippen molar-refractivity contribution < 1.29 is 49.7 Å². The van der Waals surface area contributed by atoms with Crippen LogP contribution in [0.1, 0.15) is 30.0 Å². The van der Waals surface area contributed by atoms with Crippen LogP contribution < -0.4 is 35.1 Å². The van der Waals surface area contributed by atoms with Crippen molar-refractivity contribution in [2.24, 2.45) is 0 Å². The molecule has 8 heteroatoms. The number of benzene rings is 1. The number of carboxylic acid groups (broad SMARTS) is 1. The van der Waals surface area contributed by atoms with Crippen molar-refractivity contribution in [1.82, 2.24) is 9.55 Å². The normalized spacial score (nSPS) is 14.1. The van der Waals surface area contributed by atoms with Gasteiger partial charge in [0.25, 0.3) is 5.56 Å². The van der Waals surface area contributed by atoms with Gasteiger partial charge in [0, 0.05) is 22.1 Å². The topological polar surface area (TPSA) is 113 Å². The first kappa shape index (κ1) is 20.7. The van der Waals surface area contributed by atoms with Crippen molar-refractivity contribution >= 4 is 16.9 Å². The predicted octanol–water partition coefficient (Wildman–Crippen LogP) is -1.40. The molecule has 0 spiro atoms. The standard InChI is InChI=1S/C20H18N2O5.Na/c1-2-20(27,19(25)26)14-8-16-17-12(9-22(16)18(24)13(14)10-23)7-11-5-3-4-6-15(11)21-17;/h3-8,23,27H,2,9-10H2,1H3,(H,25,26);/q;+1/t20-;/m1./s1. The molecule has 0 saturated carbocycles. The Bertz CT molecular complexity index is 1160. The van der Waals surface area contributed by atoms with Gasteiger partial charge in [-0.05, 0) is 24.6 Å². The largest absolute Gasteiger partial charge is 1.00 e. The molecule has 1 aromatic carbocycles. The number of fused-ring (bicyclic) bond motifs is 4. The average molecular weight is 389 g/mol. The van der Waals surface area contributed by atoms with Gasteiger partial charge in [-0.15, -0.1) is 0 Å². The molecule has 3 N–H and O–H groups in total. The Kier molecular flexibility index (Phi) is 5.49. The number of hydrogen-bond acceptors (Lipinski definition) is 5. The molecule has 1 atom stereocenters. The minimum absolute atomic E-state index is 0. The van der Waals surface area contributed by atoms with Gasteiger partial charge < -0.3 is 19.9 Å². The van der Waals surface area contributed by atoms with Gasteiger partial charge >= 0.3 is 35.5 Å². The molecular formula is C20H18N2NaO5+. The van der Waals surface area contributed by atoms with Crippen LogP contribution in [0.5, 0.6) is 0 Å². The first-order valence-corrected chi connectivity index (χ1v) is 8.63. The third-order valence-corrected chi connectivity index (χ3v) is 5.24. The van der Waals surface area contributed by atoms with Crippen LogP contribution in [-0.2, 0) is 23.5 Å². The van der Waals surface area contributed by atoms with E-state index in [9.17, 15) is 24.9 Å². The number of pyridine rings is 2. The third kappa shape index (κ3) is 2.91. The van der Waals surface area contributed by atoms with Gasteiger partial charge in [0.05, 0.1) is 30.1 Å². The van der Waals surface area contributed by atoms with E-state index in [1.54, 1.807) is 0 Å². The molecule has 2 aromatic heterocycles. The van der Waals surface area contributed by atoms with Crippen molar-refractivity contribution in [3.8, 4) is 11.4 Å². The summed E-state index contributed by atoms with van der Waals surface area (Å²) in [6, 6.07) is 11.0. The van der Waals surface area contributed by atoms with Crippen molar-refractivity contribution in [3.05, 3.63) is 63.4 Å². The van der Waals surface area contributed by atoms with Crippen LogP contribution in [0.15, 0.2) is 41.2 Å². The quantitative estimate of drug-likeness (QED) is 0.370. The molecule has 1 aliphatic heterocycles. The molecule has 0 saturated heterocycles. The van der Waals surface area contributed by atoms with Crippen LogP contribution in [-0.4, -0.2) is 30.8 Å². The van der Waals surface area contributed by atoms with Crippen molar-refractivity contribution in [2.45, 2.75) is 32.1 Å². The first-order chi connectivity index (χ1) is 12.9. The van der Waals surface area contributed by atoms with E-state index >= 15 is 0 Å². The van der Waals surface area contributed by atoms with E-state index in [-0.39, 0.29) is 53.6 Å². The first-order valence-electron chi connectivity index (χ1n) is 8.63. The number of aliphatic hydroxyl groups is 2. The number of aromatic nitrogens is 2. The van der Waals surface area contributed by atoms with Gasteiger partial charge in [0.1, 0.15) is 0 Å². The van der Waals surface area contributed by atoms with E-state index in [1.807, 2.05) is 30.3 Å². The number of nitrogens with zero attached hydrogens (tertiary/aromatic N) is 2. The van der Waals surface area contributed by atoms with Gasteiger partial charge in [-0.25, -0.2) is 9.78 Å². The summed E-state index contributed by atoms with van der Waals surface area (Å²) in [6.07, 6.45) is -0.143. The molecule has 0 unspecified atom stereocenters. The van der Waals surface area contributed by atoms with Crippen LogP contribution in [0.4, 0.5) is 0 Å². The molecule has 0 aliphatic carbocycles. The fourth-order valence-electron chi connectivity index (χ4n) is 3.69. The SMILES string of the molecule is CC[C@](O)(C(=O)O)c1cc2n(c(=O)c1CO)Cc1cc3ccccc3nc1-2.[Na+]. The maximum Gasteiger partial charge on any atom is 1.00 e. The minimum Gasteiger partial charge on any atom is -0.479 e. The summed E-state index contributed by atoms with van der Waals surface area (Å²) < 4.78 is 1.46. The van der Waals surface area contributed by atoms with Crippen LogP contribution in [0, 0.1) is 0 Å². The monoisotopic (exact) mass is 389 g/mol. The van der Waals surface area contributed by atoms with Crippen LogP contribution in [0.25, 0.3) is 22.3 Å². The minimum atomic E-state index is -2.26. The zero-order valence-corrected chi connectivity index (χ0v) is 17.6. The number of carboxylic acids is 1. The van der Waals surface area contributed by atoms with Crippen molar-refractivity contribution in [3.63, 3.8) is 0 Å². The van der Waals surface area contributed by atoms with E-state index in [1.165, 1.54) is 17.6 Å². The summed E-state index contributed by atoms with van der Waals surface area (Å²) in [5.41, 5.74) is -0.341. The van der Waals surface area contributed by atoms with Gasteiger partial charge in [-0.1, -0.05) is 25.1 Å². The zero-order chi connectivity index (χ0) is 19.3. The average Bonchev–Trinajstić information content (AvgIpc) is 3.03. The smallest absolute Gasteiger partial charge is 0.479 e. The molecule has 1 aliphatic rings. The molecule has 4 rings (SSSR count). The number of aliphatic hydroxyl groups excluding tert-OH is 1. The Morgan fingerprint density at radius 3 is 2.64 bits per heavy atom. The Balaban J connectivity index is 0.00000225. The summed E-state index contributed by atoms with van der Waals surface area (Å²) in [5, 5.41) is 30.9. The Labute approximate surface area is 182 Å². The molecule has 7 nitrogen and oxygen atoms in total. The second-order valence-electron chi connectivity index (χ2n) is 6.68. The Hall–Kier alpha value is -2.03. The Morgan fingerprint density at radius 1 is 1.29 bits per heavy atom. The molecular weight excluding hydrogens is 371 g/mol. The third-order valence-electron chi connectivity index (χ3n) is 5.24. The molecule has 0 fully saturated rings. The summed E-state index contributed by atoms with van der Waals surface area (Å²) in [5.74, 6) is -1.46. The fourth-order valence-corrected chi connectivity index (χ4v) is 3.69. The number of carbonyl (C=O) groups is 1. The maximum absolute atomic E-state index is 12.9. The summed E-state index contributed by atoms with van der Waals surface area (Å²) in [7, 11) is 0. The van der Waals surface area contributed by atoms with Gasteiger partial charge in [-0.3, -0.25) is 4.79 Å². The molecule has 0 bridgehead atoms. The molecule has 0 radical (unpaired) electrons. The predicted molar refractivity (Wildman–Crippen MR) is 98.3 cm³/mol. The second-order valence-corrected chi connectivity index (χ2v) is 6.68. The van der Waals surface area contributed by atoms with E-state index in [0.29, 0.717) is 11.4 Å². The van der Waals surface area contributed by atoms with E-state index in [2.05, 4.69) is 4.98 Å². The van der Waals surface area contributed by atoms with E-state index in [4.69, 9.17) is 0 Å². The summed E-state index contributed by atoms with van der Waals surface area (Å²) in [6.45, 7) is 1.14. The van der Waals surface area contributed by atoms with Crippen molar-refractivity contribution in [1.29, 1.82) is 0 Å². The van der Waals surface area contributed by atoms with Crippen molar-refractivity contribution in [2.75, 3.05) is 0 Å². The van der Waals surface area contributed by atoms with Crippen LogP contribution in [0.2, 0.25) is 0 Å². The maximum atomic E-state index is 12.9. The zero-order valence-electron chi connectivity index (χ0n) is 15.6. The summed E-state index contributed by atoms with van der Waals surface area (Å²) in [4.78, 5) is 29.3. The molecule has 28 heavy (non-hydrogen) atoms. The number of aliphatic carboxylic acids is 1.